The summed E-state index contributed by atoms with van der Waals surface area (Å²) in [5, 5.41) is 3.21. The van der Waals surface area contributed by atoms with Crippen molar-refractivity contribution in [2.45, 2.75) is 32.7 Å². The summed E-state index contributed by atoms with van der Waals surface area (Å²) in [6, 6.07) is 1.61. The third kappa shape index (κ3) is 4.97. The van der Waals surface area contributed by atoms with Gasteiger partial charge in [0.1, 0.15) is 5.15 Å². The zero-order chi connectivity index (χ0) is 13.5. The summed E-state index contributed by atoms with van der Waals surface area (Å²) < 4.78 is 6.01. The first-order valence-electron chi connectivity index (χ1n) is 5.78. The third-order valence-electron chi connectivity index (χ3n) is 2.38. The number of carbonyl (C=O) groups excluding carboxylic acids is 1. The summed E-state index contributed by atoms with van der Waals surface area (Å²) in [6.45, 7) is 4.38. The number of nitrogens with one attached hydrogen (secondary N) is 1. The van der Waals surface area contributed by atoms with Crippen LogP contribution in [0.15, 0.2) is 12.3 Å². The molecule has 0 aliphatic rings. The first-order chi connectivity index (χ1) is 8.54. The number of hydrogen-bond donors (Lipinski definition) is 1. The summed E-state index contributed by atoms with van der Waals surface area (Å²) in [5.74, 6) is 0. The Labute approximate surface area is 126 Å². The number of amides is 1. The molecule has 6 heteroatoms. The zero-order valence-electron chi connectivity index (χ0n) is 10.4. The van der Waals surface area contributed by atoms with Crippen LogP contribution in [0.5, 0.6) is 0 Å². The molecule has 0 aliphatic carbocycles. The Hall–Kier alpha value is -0.560. The number of aromatic nitrogens is 1. The van der Waals surface area contributed by atoms with Crippen LogP contribution in [-0.2, 0) is 4.74 Å². The average molecular weight is 383 g/mol. The minimum absolute atomic E-state index is 0.157. The van der Waals surface area contributed by atoms with E-state index in [9.17, 15) is 4.79 Å². The number of halogens is 2. The molecule has 1 unspecified atom stereocenters. The topological polar surface area (TPSA) is 51.2 Å². The maximum Gasteiger partial charge on any atom is 0.407 e. The Morgan fingerprint density at radius 1 is 1.67 bits per heavy atom. The predicted molar refractivity (Wildman–Crippen MR) is 79.8 cm³/mol. The fourth-order valence-corrected chi connectivity index (χ4v) is 2.59. The average Bonchev–Trinajstić information content (AvgIpc) is 2.28. The molecule has 100 valence electrons. The largest absolute Gasteiger partial charge is 0.450 e. The van der Waals surface area contributed by atoms with Crippen LogP contribution in [0.1, 0.15) is 38.3 Å². The molecule has 1 N–H and O–H groups in total. The summed E-state index contributed by atoms with van der Waals surface area (Å²) in [5.41, 5.74) is 0.924. The van der Waals surface area contributed by atoms with Crippen molar-refractivity contribution in [1.29, 1.82) is 0 Å². The van der Waals surface area contributed by atoms with Crippen LogP contribution in [0.3, 0.4) is 0 Å². The fourth-order valence-electron chi connectivity index (χ4n) is 1.34. The zero-order valence-corrected chi connectivity index (χ0v) is 13.3. The van der Waals surface area contributed by atoms with Crippen molar-refractivity contribution >= 4 is 40.3 Å². The highest BCUT2D eigenvalue weighted by Crippen LogP contribution is 2.21. The van der Waals surface area contributed by atoms with Crippen molar-refractivity contribution in [1.82, 2.24) is 10.3 Å². The van der Waals surface area contributed by atoms with Crippen LogP contribution >= 0.6 is 34.2 Å². The third-order valence-corrected chi connectivity index (χ3v) is 3.52. The second-order valence-electron chi connectivity index (χ2n) is 3.88. The molecule has 0 bridgehead atoms. The van der Waals surface area contributed by atoms with E-state index >= 15 is 0 Å². The van der Waals surface area contributed by atoms with Gasteiger partial charge < -0.3 is 10.1 Å². The van der Waals surface area contributed by atoms with Gasteiger partial charge in [-0.2, -0.15) is 0 Å². The molecule has 1 aromatic heterocycles. The molecule has 0 fully saturated rings. The van der Waals surface area contributed by atoms with E-state index in [0.29, 0.717) is 11.8 Å². The number of pyridine rings is 1. The maximum atomic E-state index is 11.5. The van der Waals surface area contributed by atoms with Crippen molar-refractivity contribution in [2.75, 3.05) is 6.61 Å². The molecule has 0 aliphatic heterocycles. The van der Waals surface area contributed by atoms with Gasteiger partial charge in [-0.15, -0.1) is 0 Å². The van der Waals surface area contributed by atoms with Gasteiger partial charge in [0.15, 0.2) is 0 Å². The van der Waals surface area contributed by atoms with E-state index in [0.717, 1.165) is 22.0 Å². The van der Waals surface area contributed by atoms with Crippen molar-refractivity contribution < 1.29 is 9.53 Å². The lowest BCUT2D eigenvalue weighted by atomic mass is 10.1. The number of unbranched alkanes of at least 4 members (excludes halogenated alkanes) is 1. The van der Waals surface area contributed by atoms with Gasteiger partial charge in [-0.1, -0.05) is 24.9 Å². The standard InChI is InChI=1S/C12H16ClIN2O2/c1-3-4-5-18-12(17)16-8(2)9-7-15-11(13)6-10(9)14/h6-8H,3-5H2,1-2H3,(H,16,17). The number of carbonyl (C=O) groups is 1. The molecule has 0 saturated carbocycles. The molecule has 0 radical (unpaired) electrons. The number of nitrogens with zero attached hydrogens (tertiary/aromatic N) is 1. The highest BCUT2D eigenvalue weighted by Gasteiger charge is 2.13. The van der Waals surface area contributed by atoms with E-state index in [1.807, 2.05) is 13.8 Å². The minimum atomic E-state index is -0.401. The highest BCUT2D eigenvalue weighted by atomic mass is 127. The predicted octanol–water partition coefficient (Wildman–Crippen LogP) is 3.93. The Morgan fingerprint density at radius 2 is 2.39 bits per heavy atom. The first kappa shape index (κ1) is 15.5. The molecule has 0 spiro atoms. The van der Waals surface area contributed by atoms with E-state index in [-0.39, 0.29) is 6.04 Å². The summed E-state index contributed by atoms with van der Waals surface area (Å²) in [7, 11) is 0. The lowest BCUT2D eigenvalue weighted by Gasteiger charge is -2.15. The number of hydrogen-bond acceptors (Lipinski definition) is 3. The van der Waals surface area contributed by atoms with E-state index in [1.54, 1.807) is 12.3 Å². The van der Waals surface area contributed by atoms with Gasteiger partial charge in [0.2, 0.25) is 0 Å². The minimum Gasteiger partial charge on any atom is -0.450 e. The van der Waals surface area contributed by atoms with Gasteiger partial charge in [-0.3, -0.25) is 0 Å². The molecule has 1 heterocycles. The smallest absolute Gasteiger partial charge is 0.407 e. The molecule has 0 saturated heterocycles. The normalized spacial score (nSPS) is 12.0. The van der Waals surface area contributed by atoms with Crippen molar-refractivity contribution in [3.05, 3.63) is 26.5 Å². The van der Waals surface area contributed by atoms with Gasteiger partial charge >= 0.3 is 6.09 Å². The molecule has 18 heavy (non-hydrogen) atoms. The number of alkyl carbamates (subject to hydrolysis) is 1. The summed E-state index contributed by atoms with van der Waals surface area (Å²) in [6.07, 6.45) is 3.15. The fraction of sp³-hybridized carbons (Fsp3) is 0.500. The molecule has 1 atom stereocenters. The number of ether oxygens (including phenoxy) is 1. The van der Waals surface area contributed by atoms with E-state index in [2.05, 4.69) is 32.9 Å². The molecular weight excluding hydrogens is 367 g/mol. The molecule has 1 aromatic rings. The molecule has 1 amide bonds. The Kier molecular flexibility index (Phi) is 6.70. The van der Waals surface area contributed by atoms with Gasteiger partial charge in [0, 0.05) is 15.3 Å². The van der Waals surface area contributed by atoms with Crippen molar-refractivity contribution in [3.63, 3.8) is 0 Å². The molecule has 0 aromatic carbocycles. The van der Waals surface area contributed by atoms with Crippen molar-refractivity contribution in [2.24, 2.45) is 0 Å². The number of rotatable bonds is 5. The highest BCUT2D eigenvalue weighted by molar-refractivity contribution is 14.1. The lowest BCUT2D eigenvalue weighted by molar-refractivity contribution is 0.141. The van der Waals surface area contributed by atoms with Crippen LogP contribution in [0, 0.1) is 3.57 Å². The van der Waals surface area contributed by atoms with Crippen LogP contribution < -0.4 is 5.32 Å². The second kappa shape index (κ2) is 7.78. The summed E-state index contributed by atoms with van der Waals surface area (Å²) in [4.78, 5) is 15.5. The van der Waals surface area contributed by atoms with Gasteiger partial charge in [0.05, 0.1) is 12.6 Å². The van der Waals surface area contributed by atoms with Crippen LogP contribution in [-0.4, -0.2) is 17.7 Å². The van der Waals surface area contributed by atoms with Gasteiger partial charge in [-0.05, 0) is 42.0 Å². The van der Waals surface area contributed by atoms with E-state index in [4.69, 9.17) is 16.3 Å². The van der Waals surface area contributed by atoms with Crippen LogP contribution in [0.25, 0.3) is 0 Å². The Bertz CT molecular complexity index is 415. The van der Waals surface area contributed by atoms with Gasteiger partial charge in [0.25, 0.3) is 0 Å². The quantitative estimate of drug-likeness (QED) is 0.477. The van der Waals surface area contributed by atoms with Crippen LogP contribution in [0.4, 0.5) is 4.79 Å². The first-order valence-corrected chi connectivity index (χ1v) is 7.24. The second-order valence-corrected chi connectivity index (χ2v) is 5.43. The molecular formula is C12H16ClIN2O2. The monoisotopic (exact) mass is 382 g/mol. The Balaban J connectivity index is 2.54. The maximum absolute atomic E-state index is 11.5. The Morgan fingerprint density at radius 3 is 3.00 bits per heavy atom. The SMILES string of the molecule is CCCCOC(=O)NC(C)c1cnc(Cl)cc1I. The molecule has 4 nitrogen and oxygen atoms in total. The van der Waals surface area contributed by atoms with E-state index < -0.39 is 6.09 Å². The van der Waals surface area contributed by atoms with Crippen molar-refractivity contribution in [3.8, 4) is 0 Å². The van der Waals surface area contributed by atoms with E-state index in [1.165, 1.54) is 0 Å². The lowest BCUT2D eigenvalue weighted by Crippen LogP contribution is -2.28. The molecule has 1 rings (SSSR count). The van der Waals surface area contributed by atoms with Crippen LogP contribution in [0.2, 0.25) is 5.15 Å². The summed E-state index contributed by atoms with van der Waals surface area (Å²) >= 11 is 7.95. The van der Waals surface area contributed by atoms with Gasteiger partial charge in [-0.25, -0.2) is 9.78 Å².